The zero-order valence-corrected chi connectivity index (χ0v) is 36.5. The lowest BCUT2D eigenvalue weighted by atomic mass is 9.92. The van der Waals surface area contributed by atoms with Crippen LogP contribution in [0.15, 0.2) is 23.7 Å². The summed E-state index contributed by atoms with van der Waals surface area (Å²) in [6.45, 7) is 2.51. The molecule has 0 atom stereocenters. The van der Waals surface area contributed by atoms with Crippen LogP contribution in [0.2, 0.25) is 0 Å². The second kappa shape index (κ2) is 27.2. The molecular weight excluding hydrogens is 801 g/mol. The molecule has 0 amide bonds. The number of rotatable bonds is 28. The molecule has 62 heavy (non-hydrogen) atoms. The molecule has 3 aliphatic carbocycles. The molecule has 0 saturated heterocycles. The maximum absolute atomic E-state index is 13.1. The summed E-state index contributed by atoms with van der Waals surface area (Å²) in [5, 5.41) is 30.1. The predicted molar refractivity (Wildman–Crippen MR) is 224 cm³/mol. The van der Waals surface area contributed by atoms with Crippen molar-refractivity contribution in [2.75, 3.05) is 72.6 Å². The van der Waals surface area contributed by atoms with Crippen molar-refractivity contribution in [2.45, 2.75) is 147 Å². The minimum Gasteiger partial charge on any atom is -0.463 e. The molecule has 0 unspecified atom stereocenters. The number of nitrogens with zero attached hydrogens (tertiary/aromatic N) is 12. The third kappa shape index (κ3) is 16.6. The van der Waals surface area contributed by atoms with E-state index in [-0.39, 0.29) is 72.6 Å². The third-order valence-electron chi connectivity index (χ3n) is 11.9. The molecule has 6 rings (SSSR count). The molecule has 20 nitrogen and oxygen atoms in total. The molecule has 0 spiro atoms. The maximum atomic E-state index is 13.1. The van der Waals surface area contributed by atoms with Crippen molar-refractivity contribution in [3.05, 3.63) is 46.1 Å². The van der Waals surface area contributed by atoms with Crippen molar-refractivity contribution in [3.63, 3.8) is 0 Å². The molecule has 0 bridgehead atoms. The van der Waals surface area contributed by atoms with Crippen LogP contribution in [-0.2, 0) is 57.8 Å². The van der Waals surface area contributed by atoms with Crippen LogP contribution in [0, 0.1) is 5.41 Å². The molecule has 0 radical (unpaired) electrons. The highest BCUT2D eigenvalue weighted by atomic mass is 16.6. The van der Waals surface area contributed by atoms with E-state index >= 15 is 0 Å². The predicted octanol–water partition coefficient (Wildman–Crippen LogP) is 6.60. The second-order valence-corrected chi connectivity index (χ2v) is 17.0. The summed E-state index contributed by atoms with van der Waals surface area (Å²) in [5.41, 5.74) is 9.60. The number of carbonyl (C=O) groups is 1. The number of ether oxygens (including phenoxy) is 7. The Morgan fingerprint density at radius 2 is 0.952 bits per heavy atom. The summed E-state index contributed by atoms with van der Waals surface area (Å²) in [6.07, 6.45) is 26.0. The second-order valence-electron chi connectivity index (χ2n) is 17.0. The average Bonchev–Trinajstić information content (AvgIpc) is 3.98. The van der Waals surface area contributed by atoms with Crippen LogP contribution in [0.4, 0.5) is 0 Å². The van der Waals surface area contributed by atoms with Gasteiger partial charge in [-0.1, -0.05) is 91.4 Å². The van der Waals surface area contributed by atoms with Crippen molar-refractivity contribution >= 4 is 5.97 Å². The highest BCUT2D eigenvalue weighted by molar-refractivity contribution is 5.70. The van der Waals surface area contributed by atoms with E-state index in [1.807, 2.05) is 32.6 Å². The molecule has 3 aromatic rings. The molecule has 3 aromatic heterocycles. The Balaban J connectivity index is 1.08. The van der Waals surface area contributed by atoms with Crippen molar-refractivity contribution in [2.24, 2.45) is 10.5 Å². The van der Waals surface area contributed by atoms with Gasteiger partial charge in [0.1, 0.15) is 30.3 Å². The molecule has 0 aliphatic heterocycles. The van der Waals surface area contributed by atoms with E-state index in [2.05, 4.69) is 41.0 Å². The fourth-order valence-electron chi connectivity index (χ4n) is 8.45. The number of aromatic nitrogens is 9. The Morgan fingerprint density at radius 1 is 0.565 bits per heavy atom. The molecule has 3 heterocycles. The van der Waals surface area contributed by atoms with E-state index in [0.29, 0.717) is 37.9 Å². The fraction of sp³-hybridized carbons (Fsp3) is 0.833. The highest BCUT2D eigenvalue weighted by Crippen LogP contribution is 2.30. The number of azide groups is 1. The molecular formula is C42H68N12O8. The van der Waals surface area contributed by atoms with E-state index < -0.39 is 11.4 Å². The summed E-state index contributed by atoms with van der Waals surface area (Å²) in [6, 6.07) is 1.05. The SMILES string of the molecule is [N-]=[N+]=NCCOCCOCCOCC(=O)OCC(COCc1cn(C2CCCCCC2)nn1)(COCc1cn(C2CCCCCC2)nn1)COCc1cn(C2CCCCC2)nn1. The Morgan fingerprint density at radius 3 is 1.37 bits per heavy atom. The van der Waals surface area contributed by atoms with Crippen LogP contribution in [0.5, 0.6) is 0 Å². The molecule has 20 heteroatoms. The Labute approximate surface area is 364 Å². The van der Waals surface area contributed by atoms with E-state index in [9.17, 15) is 4.79 Å². The first-order valence-corrected chi connectivity index (χ1v) is 22.9. The lowest BCUT2D eigenvalue weighted by molar-refractivity contribution is -0.162. The highest BCUT2D eigenvalue weighted by Gasteiger charge is 2.35. The van der Waals surface area contributed by atoms with Crippen molar-refractivity contribution in [1.29, 1.82) is 0 Å². The first-order chi connectivity index (χ1) is 30.6. The van der Waals surface area contributed by atoms with Crippen LogP contribution >= 0.6 is 0 Å². The molecule has 3 fully saturated rings. The molecule has 3 aliphatic rings. The van der Waals surface area contributed by atoms with E-state index in [1.54, 1.807) is 0 Å². The third-order valence-corrected chi connectivity index (χ3v) is 11.9. The van der Waals surface area contributed by atoms with Gasteiger partial charge >= 0.3 is 5.97 Å². The topological polar surface area (TPSA) is 223 Å². The number of carbonyl (C=O) groups excluding carboxylic acids is 1. The van der Waals surface area contributed by atoms with Crippen LogP contribution < -0.4 is 0 Å². The lowest BCUT2D eigenvalue weighted by Gasteiger charge is -2.32. The van der Waals surface area contributed by atoms with Gasteiger partial charge < -0.3 is 33.2 Å². The van der Waals surface area contributed by atoms with E-state index in [0.717, 1.165) is 55.6 Å². The quantitative estimate of drug-likeness (QED) is 0.0187. The summed E-state index contributed by atoms with van der Waals surface area (Å²) in [4.78, 5) is 15.8. The van der Waals surface area contributed by atoms with Crippen LogP contribution in [0.25, 0.3) is 10.4 Å². The monoisotopic (exact) mass is 869 g/mol. The average molecular weight is 869 g/mol. The van der Waals surface area contributed by atoms with Gasteiger partial charge in [0.2, 0.25) is 0 Å². The number of esters is 1. The largest absolute Gasteiger partial charge is 0.463 e. The van der Waals surface area contributed by atoms with Gasteiger partial charge in [-0.2, -0.15) is 0 Å². The Kier molecular flexibility index (Phi) is 20.8. The standard InChI is InChI=1S/C42H68N12O8/c43-48-44-18-19-56-20-21-57-22-23-58-30-41(55)62-34-42(33-61-29-37-26-54(51-47-37)40-16-10-5-11-17-40,31-59-27-35-24-52(49-45-35)38-12-6-1-2-7-13-38)32-60-28-36-25-53(50-46-36)39-14-8-3-4-9-15-39/h24-26,38-40H,1-23,27-34H2. The smallest absolute Gasteiger partial charge is 0.332 e. The van der Waals surface area contributed by atoms with Crippen LogP contribution in [0.3, 0.4) is 0 Å². The summed E-state index contributed by atoms with van der Waals surface area (Å²) >= 11 is 0. The van der Waals surface area contributed by atoms with Crippen molar-refractivity contribution in [3.8, 4) is 0 Å². The van der Waals surface area contributed by atoms with Gasteiger partial charge in [-0.3, -0.25) is 0 Å². The zero-order chi connectivity index (χ0) is 42.9. The van der Waals surface area contributed by atoms with Crippen LogP contribution in [0.1, 0.15) is 144 Å². The van der Waals surface area contributed by atoms with Gasteiger partial charge in [-0.25, -0.2) is 18.8 Å². The number of hydrogen-bond donors (Lipinski definition) is 0. The summed E-state index contributed by atoms with van der Waals surface area (Å²) in [5.74, 6) is -0.538. The number of hydrogen-bond acceptors (Lipinski definition) is 15. The minimum atomic E-state index is -0.925. The van der Waals surface area contributed by atoms with Gasteiger partial charge in [0.05, 0.1) is 115 Å². The Bertz CT molecular complexity index is 1660. The molecule has 344 valence electrons. The fourth-order valence-corrected chi connectivity index (χ4v) is 8.45. The van der Waals surface area contributed by atoms with Gasteiger partial charge in [0, 0.05) is 11.5 Å². The zero-order valence-electron chi connectivity index (χ0n) is 36.5. The summed E-state index contributed by atoms with van der Waals surface area (Å²) in [7, 11) is 0. The minimum absolute atomic E-state index is 0.0584. The first-order valence-electron chi connectivity index (χ1n) is 22.9. The first kappa shape index (κ1) is 47.4. The molecule has 0 aromatic carbocycles. The van der Waals surface area contributed by atoms with Gasteiger partial charge in [0.25, 0.3) is 0 Å². The van der Waals surface area contributed by atoms with E-state index in [1.165, 1.54) is 70.6 Å². The summed E-state index contributed by atoms with van der Waals surface area (Å²) < 4.78 is 47.4. The lowest BCUT2D eigenvalue weighted by Crippen LogP contribution is -2.42. The Hall–Kier alpha value is -4.04. The van der Waals surface area contributed by atoms with E-state index in [4.69, 9.17) is 38.7 Å². The van der Waals surface area contributed by atoms with Gasteiger partial charge in [0.15, 0.2) is 0 Å². The van der Waals surface area contributed by atoms with Crippen molar-refractivity contribution in [1.82, 2.24) is 45.0 Å². The van der Waals surface area contributed by atoms with Crippen molar-refractivity contribution < 1.29 is 38.0 Å². The van der Waals surface area contributed by atoms with Crippen LogP contribution in [-0.4, -0.2) is 124 Å². The molecule has 3 saturated carbocycles. The van der Waals surface area contributed by atoms with Gasteiger partial charge in [-0.05, 0) is 44.1 Å². The van der Waals surface area contributed by atoms with Gasteiger partial charge in [-0.15, -0.1) is 15.3 Å². The maximum Gasteiger partial charge on any atom is 0.332 e. The molecule has 0 N–H and O–H groups in total. The normalized spacial score (nSPS) is 17.4.